The predicted octanol–water partition coefficient (Wildman–Crippen LogP) is 9.57. The van der Waals surface area contributed by atoms with Crippen molar-refractivity contribution < 1.29 is 8.83 Å². The van der Waals surface area contributed by atoms with Crippen molar-refractivity contribution >= 4 is 88.5 Å². The second-order valence-corrected chi connectivity index (χ2v) is 14.0. The van der Waals surface area contributed by atoms with E-state index in [0.717, 1.165) is 22.3 Å². The van der Waals surface area contributed by atoms with Gasteiger partial charge in [-0.25, -0.2) is 0 Å². The van der Waals surface area contributed by atoms with Crippen LogP contribution in [0.5, 0.6) is 0 Å². The van der Waals surface area contributed by atoms with Gasteiger partial charge in [0.2, 0.25) is 6.71 Å². The third-order valence-corrected chi connectivity index (χ3v) is 10.6. The molecule has 0 fully saturated rings. The van der Waals surface area contributed by atoms with Crippen LogP contribution in [0.4, 0.5) is 0 Å². The topological polar surface area (TPSA) is 26.3 Å². The van der Waals surface area contributed by atoms with Crippen LogP contribution < -0.4 is 16.4 Å². The lowest BCUT2D eigenvalue weighted by atomic mass is 9.31. The zero-order valence-electron chi connectivity index (χ0n) is 25.3. The van der Waals surface area contributed by atoms with Crippen molar-refractivity contribution in [2.75, 3.05) is 0 Å². The van der Waals surface area contributed by atoms with Gasteiger partial charge in [-0.3, -0.25) is 0 Å². The molecule has 0 aliphatic carbocycles. The van der Waals surface area contributed by atoms with Crippen LogP contribution in [0.1, 0.15) is 26.3 Å². The highest BCUT2D eigenvalue weighted by atomic mass is 16.3. The Balaban J connectivity index is 1.39. The fraction of sp³-hybridized carbons (Fsp3) is 0.0952. The summed E-state index contributed by atoms with van der Waals surface area (Å²) < 4.78 is 13.2. The molecule has 2 aliphatic heterocycles. The van der Waals surface area contributed by atoms with Crippen molar-refractivity contribution in [1.82, 2.24) is 0 Å². The molecule has 0 bridgehead atoms. The molecule has 0 spiro atoms. The molecule has 2 nitrogen and oxygen atoms in total. The third kappa shape index (κ3) is 2.88. The normalized spacial score (nSPS) is 13.6. The SMILES string of the molecule is CC(C)(C)c1cc2c3c(c1)-c1cccc4c1c(cc1oc5ccccc5c14)B3c1cc3oc4ccccc4c3c3cccc-2c13. The van der Waals surface area contributed by atoms with Gasteiger partial charge < -0.3 is 8.83 Å². The second kappa shape index (κ2) is 7.86. The highest BCUT2D eigenvalue weighted by Gasteiger charge is 2.40. The standard InChI is InChI=1S/C42H27BO2/c1-42(2,3)22-18-29-23-12-8-14-27-37(23)31(20-35-39(27)25-10-4-6-16-33(25)44-35)43-32-21-36-40(26-11-5-7-17-34(26)45-36)28-15-9-13-24(38(28)32)30(19-22)41(29)43/h4-21H,1-3H3. The summed E-state index contributed by atoms with van der Waals surface area (Å²) in [6, 6.07) is 40.3. The van der Waals surface area contributed by atoms with E-state index in [-0.39, 0.29) is 12.1 Å². The Morgan fingerprint density at radius 1 is 0.444 bits per heavy atom. The van der Waals surface area contributed by atoms with E-state index in [2.05, 4.69) is 130 Å². The summed E-state index contributed by atoms with van der Waals surface area (Å²) >= 11 is 0. The van der Waals surface area contributed by atoms with Gasteiger partial charge in [0, 0.05) is 21.5 Å². The van der Waals surface area contributed by atoms with Gasteiger partial charge in [-0.05, 0) is 79.0 Å². The van der Waals surface area contributed by atoms with E-state index in [1.54, 1.807) is 0 Å². The van der Waals surface area contributed by atoms with Crippen LogP contribution in [-0.2, 0) is 5.41 Å². The van der Waals surface area contributed by atoms with E-state index in [1.807, 2.05) is 0 Å². The van der Waals surface area contributed by atoms with Gasteiger partial charge >= 0.3 is 0 Å². The molecule has 210 valence electrons. The average Bonchev–Trinajstić information content (AvgIpc) is 3.62. The molecule has 11 rings (SSSR count). The molecule has 0 N–H and O–H groups in total. The minimum atomic E-state index is -0.00119. The van der Waals surface area contributed by atoms with Crippen molar-refractivity contribution in [2.45, 2.75) is 26.2 Å². The molecule has 9 aromatic rings. The lowest BCUT2D eigenvalue weighted by Gasteiger charge is -2.36. The Labute approximate surface area is 259 Å². The summed E-state index contributed by atoms with van der Waals surface area (Å²) in [6.45, 7) is 7.04. The summed E-state index contributed by atoms with van der Waals surface area (Å²) in [7, 11) is 0. The fourth-order valence-corrected chi connectivity index (χ4v) is 8.68. The summed E-state index contributed by atoms with van der Waals surface area (Å²) in [5, 5.41) is 9.95. The minimum Gasteiger partial charge on any atom is -0.456 e. The summed E-state index contributed by atoms with van der Waals surface area (Å²) in [4.78, 5) is 0. The first-order valence-corrected chi connectivity index (χ1v) is 15.9. The van der Waals surface area contributed by atoms with Gasteiger partial charge in [0.05, 0.1) is 0 Å². The van der Waals surface area contributed by atoms with Crippen molar-refractivity contribution in [3.05, 3.63) is 115 Å². The van der Waals surface area contributed by atoms with E-state index >= 15 is 0 Å². The molecule has 2 aromatic heterocycles. The largest absolute Gasteiger partial charge is 0.456 e. The molecule has 4 heterocycles. The first kappa shape index (κ1) is 24.1. The van der Waals surface area contributed by atoms with E-state index < -0.39 is 0 Å². The maximum Gasteiger partial charge on any atom is 0.244 e. The number of hydrogen-bond acceptors (Lipinski definition) is 2. The zero-order valence-corrected chi connectivity index (χ0v) is 25.3. The summed E-state index contributed by atoms with van der Waals surface area (Å²) in [6.07, 6.45) is 0. The fourth-order valence-electron chi connectivity index (χ4n) is 8.68. The molecule has 0 saturated carbocycles. The quantitative estimate of drug-likeness (QED) is 0.169. The van der Waals surface area contributed by atoms with Gasteiger partial charge in [-0.1, -0.05) is 122 Å². The third-order valence-electron chi connectivity index (χ3n) is 10.6. The van der Waals surface area contributed by atoms with Crippen LogP contribution >= 0.6 is 0 Å². The van der Waals surface area contributed by atoms with Gasteiger partial charge in [-0.15, -0.1) is 0 Å². The maximum atomic E-state index is 6.59. The van der Waals surface area contributed by atoms with Crippen LogP contribution in [-0.4, -0.2) is 6.71 Å². The second-order valence-electron chi connectivity index (χ2n) is 14.0. The molecule has 0 atom stereocenters. The Kier molecular flexibility index (Phi) is 4.21. The average molecular weight is 574 g/mol. The van der Waals surface area contributed by atoms with E-state index in [1.165, 1.54) is 87.3 Å². The molecule has 3 heteroatoms. The molecule has 2 aliphatic rings. The highest BCUT2D eigenvalue weighted by molar-refractivity contribution is 7.01. The van der Waals surface area contributed by atoms with Crippen LogP contribution in [0.3, 0.4) is 0 Å². The van der Waals surface area contributed by atoms with Gasteiger partial charge in [0.15, 0.2) is 0 Å². The minimum absolute atomic E-state index is 0.00119. The van der Waals surface area contributed by atoms with Gasteiger partial charge in [0.1, 0.15) is 22.3 Å². The zero-order chi connectivity index (χ0) is 29.8. The molecular weight excluding hydrogens is 547 g/mol. The first-order chi connectivity index (χ1) is 22.0. The molecule has 0 radical (unpaired) electrons. The number of rotatable bonds is 0. The van der Waals surface area contributed by atoms with Crippen LogP contribution in [0.25, 0.3) is 87.7 Å². The Morgan fingerprint density at radius 2 is 0.911 bits per heavy atom. The number of furan rings is 2. The van der Waals surface area contributed by atoms with Crippen LogP contribution in [0, 0.1) is 0 Å². The monoisotopic (exact) mass is 574 g/mol. The van der Waals surface area contributed by atoms with Gasteiger partial charge in [-0.2, -0.15) is 0 Å². The van der Waals surface area contributed by atoms with Crippen LogP contribution in [0.15, 0.2) is 118 Å². The first-order valence-electron chi connectivity index (χ1n) is 15.9. The van der Waals surface area contributed by atoms with Crippen molar-refractivity contribution in [2.24, 2.45) is 0 Å². The highest BCUT2D eigenvalue weighted by Crippen LogP contribution is 2.45. The molecule has 45 heavy (non-hydrogen) atoms. The summed E-state index contributed by atoms with van der Waals surface area (Å²) in [5.41, 5.74) is 14.5. The Hall–Kier alpha value is -5.28. The molecule has 0 amide bonds. The Morgan fingerprint density at radius 3 is 1.40 bits per heavy atom. The number of hydrogen-bond donors (Lipinski definition) is 0. The van der Waals surface area contributed by atoms with Crippen molar-refractivity contribution in [1.29, 1.82) is 0 Å². The van der Waals surface area contributed by atoms with E-state index in [4.69, 9.17) is 8.83 Å². The Bertz CT molecular complexity index is 2620. The molecular formula is C42H27BO2. The van der Waals surface area contributed by atoms with E-state index in [0.29, 0.717) is 0 Å². The van der Waals surface area contributed by atoms with Crippen LogP contribution in [0.2, 0.25) is 0 Å². The lowest BCUT2D eigenvalue weighted by molar-refractivity contribution is 0.591. The smallest absolute Gasteiger partial charge is 0.244 e. The molecule has 7 aromatic carbocycles. The predicted molar refractivity (Wildman–Crippen MR) is 190 cm³/mol. The van der Waals surface area contributed by atoms with Gasteiger partial charge in [0.25, 0.3) is 0 Å². The molecule has 0 unspecified atom stereocenters. The number of para-hydroxylation sites is 2. The number of benzene rings is 7. The van der Waals surface area contributed by atoms with Crippen molar-refractivity contribution in [3.8, 4) is 22.3 Å². The maximum absolute atomic E-state index is 6.59. The van der Waals surface area contributed by atoms with E-state index in [9.17, 15) is 0 Å². The summed E-state index contributed by atoms with van der Waals surface area (Å²) in [5.74, 6) is 0. The molecule has 0 saturated heterocycles. The lowest BCUT2D eigenvalue weighted by Crippen LogP contribution is -2.57. The number of fused-ring (bicyclic) bond motifs is 12. The van der Waals surface area contributed by atoms with Crippen molar-refractivity contribution in [3.63, 3.8) is 0 Å².